The molecule has 1 fully saturated rings. The first-order chi connectivity index (χ1) is 12.5. The Hall–Kier alpha value is -1.60. The Balaban J connectivity index is 1.95. The van der Waals surface area contributed by atoms with Crippen molar-refractivity contribution in [3.63, 3.8) is 0 Å². The highest BCUT2D eigenvalue weighted by Crippen LogP contribution is 2.38. The van der Waals surface area contributed by atoms with Gasteiger partial charge >= 0.3 is 0 Å². The number of allylic oxidation sites excluding steroid dienone is 10. The Bertz CT molecular complexity index is 606. The molecule has 0 radical (unpaired) electrons. The van der Waals surface area contributed by atoms with Crippen molar-refractivity contribution < 1.29 is 4.74 Å². The third-order valence-corrected chi connectivity index (χ3v) is 5.81. The Labute approximate surface area is 160 Å². The molecule has 0 spiro atoms. The van der Waals surface area contributed by atoms with Crippen LogP contribution < -0.4 is 0 Å². The first-order valence-electron chi connectivity index (χ1n) is 10.2. The second kappa shape index (κ2) is 9.92. The van der Waals surface area contributed by atoms with Gasteiger partial charge in [-0.05, 0) is 68.4 Å². The Kier molecular flexibility index (Phi) is 7.90. The molecule has 2 rings (SSSR count). The maximum atomic E-state index is 6.09. The second-order valence-corrected chi connectivity index (χ2v) is 8.05. The molecule has 1 saturated carbocycles. The molecule has 142 valence electrons. The maximum Gasteiger partial charge on any atom is 0.0655 e. The zero-order valence-corrected chi connectivity index (χ0v) is 17.0. The summed E-state index contributed by atoms with van der Waals surface area (Å²) in [6, 6.07) is 0. The topological polar surface area (TPSA) is 9.23 Å². The van der Waals surface area contributed by atoms with Gasteiger partial charge in [-0.1, -0.05) is 75.1 Å². The van der Waals surface area contributed by atoms with E-state index in [1.165, 1.54) is 29.6 Å². The van der Waals surface area contributed by atoms with Crippen LogP contribution in [0.3, 0.4) is 0 Å². The molecule has 0 aromatic carbocycles. The highest BCUT2D eigenvalue weighted by atomic mass is 16.5. The monoisotopic (exact) mass is 352 g/mol. The molecule has 0 heterocycles. The minimum atomic E-state index is 0.0731. The summed E-state index contributed by atoms with van der Waals surface area (Å²) in [5, 5.41) is 0. The van der Waals surface area contributed by atoms with E-state index >= 15 is 0 Å². The lowest BCUT2D eigenvalue weighted by molar-refractivity contribution is -0.0614. The SMILES string of the molecule is C=C/C(=C\C=C\C1=CCC(C)C(=C)C=C1)C1CCC(C)(OCCC)CC1. The minimum absolute atomic E-state index is 0.0731. The Morgan fingerprint density at radius 1 is 1.31 bits per heavy atom. The summed E-state index contributed by atoms with van der Waals surface area (Å²) < 4.78 is 6.09. The molecule has 1 atom stereocenters. The Morgan fingerprint density at radius 3 is 2.69 bits per heavy atom. The molecule has 2 aliphatic rings. The van der Waals surface area contributed by atoms with Crippen LogP contribution in [-0.2, 0) is 4.74 Å². The van der Waals surface area contributed by atoms with Crippen molar-refractivity contribution in [1.29, 1.82) is 0 Å². The van der Waals surface area contributed by atoms with Crippen LogP contribution in [0, 0.1) is 11.8 Å². The standard InChI is InChI=1S/C25H36O/c1-6-19-26-25(5)17-15-24(16-18-25)23(7-2)10-8-9-22-13-11-20(3)21(4)12-14-22/h7-11,13-14,21,24H,2-3,6,12,15-19H2,1,4-5H3/b9-8+,23-10+. The molecule has 0 N–H and O–H groups in total. The number of hydrogen-bond donors (Lipinski definition) is 0. The van der Waals surface area contributed by atoms with Crippen LogP contribution in [-0.4, -0.2) is 12.2 Å². The van der Waals surface area contributed by atoms with Crippen LogP contribution in [0.5, 0.6) is 0 Å². The molecule has 1 unspecified atom stereocenters. The maximum absolute atomic E-state index is 6.09. The van der Waals surface area contributed by atoms with E-state index in [1.54, 1.807) is 0 Å². The summed E-state index contributed by atoms with van der Waals surface area (Å²) in [6.45, 7) is 15.7. The van der Waals surface area contributed by atoms with E-state index in [0.29, 0.717) is 11.8 Å². The Morgan fingerprint density at radius 2 is 2.04 bits per heavy atom. The van der Waals surface area contributed by atoms with E-state index in [1.807, 2.05) is 6.08 Å². The zero-order chi connectivity index (χ0) is 19.0. The molecule has 2 aliphatic carbocycles. The highest BCUT2D eigenvalue weighted by Gasteiger charge is 2.32. The van der Waals surface area contributed by atoms with Crippen LogP contribution in [0.1, 0.15) is 59.3 Å². The summed E-state index contributed by atoms with van der Waals surface area (Å²) in [7, 11) is 0. The van der Waals surface area contributed by atoms with Gasteiger partial charge in [0.25, 0.3) is 0 Å². The van der Waals surface area contributed by atoms with Gasteiger partial charge in [-0.25, -0.2) is 0 Å². The summed E-state index contributed by atoms with van der Waals surface area (Å²) in [4.78, 5) is 0. The average Bonchev–Trinajstić information content (AvgIpc) is 2.80. The van der Waals surface area contributed by atoms with E-state index in [-0.39, 0.29) is 5.60 Å². The van der Waals surface area contributed by atoms with Crippen molar-refractivity contribution >= 4 is 0 Å². The highest BCUT2D eigenvalue weighted by molar-refractivity contribution is 5.39. The summed E-state index contributed by atoms with van der Waals surface area (Å²) in [5.74, 6) is 1.14. The van der Waals surface area contributed by atoms with E-state index in [4.69, 9.17) is 4.74 Å². The van der Waals surface area contributed by atoms with Crippen LogP contribution in [0.15, 0.2) is 72.4 Å². The zero-order valence-electron chi connectivity index (χ0n) is 17.0. The van der Waals surface area contributed by atoms with Crippen LogP contribution in [0.4, 0.5) is 0 Å². The third kappa shape index (κ3) is 5.99. The van der Waals surface area contributed by atoms with Gasteiger partial charge in [0, 0.05) is 6.61 Å². The summed E-state index contributed by atoms with van der Waals surface area (Å²) in [6.07, 6.45) is 22.1. The molecule has 0 bridgehead atoms. The number of rotatable bonds is 7. The van der Waals surface area contributed by atoms with E-state index < -0.39 is 0 Å². The van der Waals surface area contributed by atoms with Crippen LogP contribution >= 0.6 is 0 Å². The molecule has 0 saturated heterocycles. The van der Waals surface area contributed by atoms with Gasteiger partial charge in [-0.3, -0.25) is 0 Å². The van der Waals surface area contributed by atoms with Gasteiger partial charge in [0.2, 0.25) is 0 Å². The van der Waals surface area contributed by atoms with Crippen molar-refractivity contribution in [3.8, 4) is 0 Å². The lowest BCUT2D eigenvalue weighted by Crippen LogP contribution is -2.34. The van der Waals surface area contributed by atoms with Gasteiger partial charge in [-0.2, -0.15) is 0 Å². The summed E-state index contributed by atoms with van der Waals surface area (Å²) >= 11 is 0. The van der Waals surface area contributed by atoms with Crippen LogP contribution in [0.25, 0.3) is 0 Å². The molecule has 1 heteroatoms. The summed E-state index contributed by atoms with van der Waals surface area (Å²) in [5.41, 5.74) is 3.90. The quantitative estimate of drug-likeness (QED) is 0.444. The van der Waals surface area contributed by atoms with Gasteiger partial charge in [0.05, 0.1) is 5.60 Å². The van der Waals surface area contributed by atoms with E-state index in [2.05, 4.69) is 70.4 Å². The third-order valence-electron chi connectivity index (χ3n) is 5.81. The second-order valence-electron chi connectivity index (χ2n) is 8.05. The lowest BCUT2D eigenvalue weighted by Gasteiger charge is -2.37. The van der Waals surface area contributed by atoms with Crippen LogP contribution in [0.2, 0.25) is 0 Å². The molecule has 0 aromatic heterocycles. The van der Waals surface area contributed by atoms with Gasteiger partial charge < -0.3 is 4.74 Å². The lowest BCUT2D eigenvalue weighted by atomic mass is 9.76. The fourth-order valence-corrected chi connectivity index (χ4v) is 3.72. The molecule has 0 amide bonds. The average molecular weight is 353 g/mol. The molecular weight excluding hydrogens is 316 g/mol. The van der Waals surface area contributed by atoms with Gasteiger partial charge in [0.1, 0.15) is 0 Å². The molecular formula is C25H36O. The largest absolute Gasteiger partial charge is 0.375 e. The van der Waals surface area contributed by atoms with Crippen molar-refractivity contribution in [2.24, 2.45) is 11.8 Å². The van der Waals surface area contributed by atoms with Crippen molar-refractivity contribution in [3.05, 3.63) is 72.4 Å². The van der Waals surface area contributed by atoms with E-state index in [0.717, 1.165) is 32.3 Å². The van der Waals surface area contributed by atoms with E-state index in [9.17, 15) is 0 Å². The fourth-order valence-electron chi connectivity index (χ4n) is 3.72. The molecule has 26 heavy (non-hydrogen) atoms. The van der Waals surface area contributed by atoms with Gasteiger partial charge in [-0.15, -0.1) is 0 Å². The van der Waals surface area contributed by atoms with Crippen molar-refractivity contribution in [2.45, 2.75) is 64.9 Å². The minimum Gasteiger partial charge on any atom is -0.375 e. The molecule has 1 nitrogen and oxygen atoms in total. The smallest absolute Gasteiger partial charge is 0.0655 e. The molecule has 0 aliphatic heterocycles. The van der Waals surface area contributed by atoms with Crippen molar-refractivity contribution in [1.82, 2.24) is 0 Å². The first-order valence-corrected chi connectivity index (χ1v) is 10.2. The normalized spacial score (nSPS) is 30.3. The first kappa shape index (κ1) is 20.7. The molecule has 0 aromatic rings. The predicted octanol–water partition coefficient (Wildman–Crippen LogP) is 7.11. The van der Waals surface area contributed by atoms with Gasteiger partial charge in [0.15, 0.2) is 0 Å². The fraction of sp³-hybridized carbons (Fsp3) is 0.520. The number of hydrogen-bond acceptors (Lipinski definition) is 1. The number of ether oxygens (including phenoxy) is 1. The van der Waals surface area contributed by atoms with Crippen molar-refractivity contribution in [2.75, 3.05) is 6.61 Å². The predicted molar refractivity (Wildman–Crippen MR) is 114 cm³/mol.